The van der Waals surface area contributed by atoms with E-state index in [4.69, 9.17) is 4.74 Å². The van der Waals surface area contributed by atoms with Crippen LogP contribution in [0.5, 0.6) is 0 Å². The molecule has 0 amide bonds. The van der Waals surface area contributed by atoms with Gasteiger partial charge in [-0.25, -0.2) is 4.98 Å². The predicted octanol–water partition coefficient (Wildman–Crippen LogP) is 2.96. The summed E-state index contributed by atoms with van der Waals surface area (Å²) in [6.07, 6.45) is 6.69. The minimum absolute atomic E-state index is 0.0391. The van der Waals surface area contributed by atoms with Gasteiger partial charge >= 0.3 is 0 Å². The first kappa shape index (κ1) is 21.4. The van der Waals surface area contributed by atoms with Crippen molar-refractivity contribution in [2.45, 2.75) is 37.6 Å². The standard InChI is InChI=1S/C22H26FN5O3S/c23-22-6-3-16(13-25-22)19-11-17-12-20(26-21(17)14-24-19)15-1-4-18(5-2-15)27-32(29,30)28-7-9-31-10-8-28/h3,6,11-15,18,26-27H,1-2,4-5,7-10H2. The second-order valence-electron chi connectivity index (χ2n) is 8.43. The van der Waals surface area contributed by atoms with Crippen molar-refractivity contribution in [3.63, 3.8) is 0 Å². The van der Waals surface area contributed by atoms with Gasteiger partial charge in [0.15, 0.2) is 0 Å². The van der Waals surface area contributed by atoms with E-state index in [1.54, 1.807) is 12.3 Å². The molecule has 0 atom stereocenters. The van der Waals surface area contributed by atoms with E-state index in [-0.39, 0.29) is 6.04 Å². The highest BCUT2D eigenvalue weighted by Crippen LogP contribution is 2.35. The van der Waals surface area contributed by atoms with Crippen molar-refractivity contribution in [1.29, 1.82) is 0 Å². The first-order chi connectivity index (χ1) is 15.5. The monoisotopic (exact) mass is 459 g/mol. The number of nitrogens with zero attached hydrogens (tertiary/aromatic N) is 3. The molecule has 10 heteroatoms. The molecule has 3 aromatic rings. The van der Waals surface area contributed by atoms with Crippen LogP contribution in [0.1, 0.15) is 37.3 Å². The molecule has 0 unspecified atom stereocenters. The Hall–Kier alpha value is -2.40. The maximum atomic E-state index is 13.1. The highest BCUT2D eigenvalue weighted by molar-refractivity contribution is 7.87. The van der Waals surface area contributed by atoms with E-state index in [9.17, 15) is 12.8 Å². The molecule has 0 spiro atoms. The van der Waals surface area contributed by atoms with E-state index in [1.807, 2.05) is 6.07 Å². The lowest BCUT2D eigenvalue weighted by Gasteiger charge is -2.32. The van der Waals surface area contributed by atoms with Gasteiger partial charge in [-0.15, -0.1) is 0 Å². The van der Waals surface area contributed by atoms with E-state index in [1.165, 1.54) is 16.6 Å². The Balaban J connectivity index is 1.24. The molecule has 1 aliphatic carbocycles. The maximum absolute atomic E-state index is 13.1. The second-order valence-corrected chi connectivity index (χ2v) is 10.1. The van der Waals surface area contributed by atoms with Crippen LogP contribution in [-0.4, -0.2) is 60.0 Å². The largest absolute Gasteiger partial charge is 0.379 e. The molecule has 32 heavy (non-hydrogen) atoms. The molecule has 0 aromatic carbocycles. The van der Waals surface area contributed by atoms with Gasteiger partial charge in [-0.1, -0.05) is 0 Å². The van der Waals surface area contributed by atoms with Crippen molar-refractivity contribution in [2.75, 3.05) is 26.3 Å². The third-order valence-corrected chi connectivity index (χ3v) is 8.02. The van der Waals surface area contributed by atoms with Crippen molar-refractivity contribution < 1.29 is 17.5 Å². The molecule has 4 heterocycles. The molecule has 5 rings (SSSR count). The molecular formula is C22H26FN5O3S. The van der Waals surface area contributed by atoms with Gasteiger partial charge in [0.25, 0.3) is 10.2 Å². The molecule has 1 saturated carbocycles. The minimum Gasteiger partial charge on any atom is -0.379 e. The Morgan fingerprint density at radius 2 is 1.84 bits per heavy atom. The SMILES string of the molecule is O=S(=O)(NC1CCC(c2cc3cc(-c4ccc(F)nc4)ncc3[nH]2)CC1)N1CCOCC1. The second kappa shape index (κ2) is 8.86. The fourth-order valence-corrected chi connectivity index (χ4v) is 5.99. The summed E-state index contributed by atoms with van der Waals surface area (Å²) in [5.74, 6) is -0.163. The highest BCUT2D eigenvalue weighted by Gasteiger charge is 2.30. The van der Waals surface area contributed by atoms with Crippen LogP contribution in [0.4, 0.5) is 4.39 Å². The number of pyridine rings is 2. The number of nitrogens with one attached hydrogen (secondary N) is 2. The first-order valence-corrected chi connectivity index (χ1v) is 12.4. The predicted molar refractivity (Wildman–Crippen MR) is 119 cm³/mol. The molecule has 0 bridgehead atoms. The lowest BCUT2D eigenvalue weighted by atomic mass is 9.84. The molecular weight excluding hydrogens is 433 g/mol. The molecule has 170 valence electrons. The lowest BCUT2D eigenvalue weighted by Crippen LogP contribution is -2.50. The summed E-state index contributed by atoms with van der Waals surface area (Å²) in [4.78, 5) is 11.7. The summed E-state index contributed by atoms with van der Waals surface area (Å²) in [5.41, 5.74) is 3.61. The van der Waals surface area contributed by atoms with E-state index < -0.39 is 16.2 Å². The van der Waals surface area contributed by atoms with Crippen molar-refractivity contribution in [1.82, 2.24) is 24.0 Å². The molecule has 2 fully saturated rings. The number of fused-ring (bicyclic) bond motifs is 1. The van der Waals surface area contributed by atoms with Gasteiger partial charge in [-0.3, -0.25) is 4.98 Å². The van der Waals surface area contributed by atoms with Crippen molar-refractivity contribution in [2.24, 2.45) is 0 Å². The third kappa shape index (κ3) is 4.54. The summed E-state index contributed by atoms with van der Waals surface area (Å²) in [6, 6.07) is 7.08. The van der Waals surface area contributed by atoms with Gasteiger partial charge in [0.05, 0.1) is 30.6 Å². The number of rotatable bonds is 5. The topological polar surface area (TPSA) is 100 Å². The zero-order valence-electron chi connectivity index (χ0n) is 17.6. The highest BCUT2D eigenvalue weighted by atomic mass is 32.2. The van der Waals surface area contributed by atoms with E-state index in [0.717, 1.165) is 53.5 Å². The van der Waals surface area contributed by atoms with Crippen LogP contribution in [0, 0.1) is 5.95 Å². The number of hydrogen-bond donors (Lipinski definition) is 2. The van der Waals surface area contributed by atoms with Crippen molar-refractivity contribution in [3.05, 3.63) is 48.3 Å². The first-order valence-electron chi connectivity index (χ1n) is 10.9. The minimum atomic E-state index is -3.46. The van der Waals surface area contributed by atoms with Gasteiger partial charge in [0.1, 0.15) is 0 Å². The smallest absolute Gasteiger partial charge is 0.279 e. The van der Waals surface area contributed by atoms with Gasteiger partial charge in [0, 0.05) is 42.0 Å². The van der Waals surface area contributed by atoms with Crippen LogP contribution in [0.3, 0.4) is 0 Å². The molecule has 1 aliphatic heterocycles. The maximum Gasteiger partial charge on any atom is 0.279 e. The summed E-state index contributed by atoms with van der Waals surface area (Å²) in [5, 5.41) is 1.05. The fraction of sp³-hybridized carbons (Fsp3) is 0.455. The van der Waals surface area contributed by atoms with E-state index in [0.29, 0.717) is 32.2 Å². The molecule has 2 N–H and O–H groups in total. The average molecular weight is 460 g/mol. The zero-order chi connectivity index (χ0) is 22.1. The van der Waals surface area contributed by atoms with Crippen LogP contribution in [0.15, 0.2) is 36.7 Å². The summed E-state index contributed by atoms with van der Waals surface area (Å²) >= 11 is 0. The molecule has 8 nitrogen and oxygen atoms in total. The normalized spacial score (nSPS) is 22.9. The number of hydrogen-bond acceptors (Lipinski definition) is 5. The number of halogens is 1. The van der Waals surface area contributed by atoms with Crippen LogP contribution in [0.25, 0.3) is 22.2 Å². The molecule has 2 aliphatic rings. The van der Waals surface area contributed by atoms with Crippen molar-refractivity contribution >= 4 is 21.1 Å². The van der Waals surface area contributed by atoms with Crippen LogP contribution in [0.2, 0.25) is 0 Å². The van der Waals surface area contributed by atoms with Crippen LogP contribution in [-0.2, 0) is 14.9 Å². The Morgan fingerprint density at radius 3 is 2.56 bits per heavy atom. The van der Waals surface area contributed by atoms with Crippen LogP contribution < -0.4 is 4.72 Å². The number of H-pyrrole nitrogens is 1. The van der Waals surface area contributed by atoms with Gasteiger partial charge in [-0.2, -0.15) is 21.8 Å². The van der Waals surface area contributed by atoms with Crippen LogP contribution >= 0.6 is 0 Å². The van der Waals surface area contributed by atoms with E-state index >= 15 is 0 Å². The van der Waals surface area contributed by atoms with Crippen molar-refractivity contribution in [3.8, 4) is 11.3 Å². The Morgan fingerprint density at radius 1 is 1.06 bits per heavy atom. The number of aromatic amines is 1. The van der Waals surface area contributed by atoms with E-state index in [2.05, 4.69) is 25.7 Å². The molecule has 3 aromatic heterocycles. The van der Waals surface area contributed by atoms with Gasteiger partial charge < -0.3 is 9.72 Å². The number of aromatic nitrogens is 3. The fourth-order valence-electron chi connectivity index (χ4n) is 4.55. The summed E-state index contributed by atoms with van der Waals surface area (Å²) < 4.78 is 47.9. The summed E-state index contributed by atoms with van der Waals surface area (Å²) in [6.45, 7) is 1.71. The Kier molecular flexibility index (Phi) is 5.93. The number of morpholine rings is 1. The molecule has 1 saturated heterocycles. The Bertz CT molecular complexity index is 1180. The quantitative estimate of drug-likeness (QED) is 0.572. The average Bonchev–Trinajstić information content (AvgIpc) is 3.24. The Labute approximate surface area is 186 Å². The lowest BCUT2D eigenvalue weighted by molar-refractivity contribution is 0.0722. The number of ether oxygens (including phenoxy) is 1. The zero-order valence-corrected chi connectivity index (χ0v) is 18.4. The third-order valence-electron chi connectivity index (χ3n) is 6.34. The molecule has 0 radical (unpaired) electrons. The summed E-state index contributed by atoms with van der Waals surface area (Å²) in [7, 11) is -3.46. The van der Waals surface area contributed by atoms with Gasteiger partial charge in [0.2, 0.25) is 5.95 Å². The van der Waals surface area contributed by atoms with Gasteiger partial charge in [-0.05, 0) is 55.9 Å².